The van der Waals surface area contributed by atoms with Crippen LogP contribution in [0.25, 0.3) is 0 Å². The molecule has 3 rings (SSSR count). The number of nitrogens with zero attached hydrogens (tertiary/aromatic N) is 1. The maximum atomic E-state index is 13.0. The average molecular weight is 367 g/mol. The number of benzene rings is 1. The Morgan fingerprint density at radius 1 is 1.24 bits per heavy atom. The van der Waals surface area contributed by atoms with Crippen molar-refractivity contribution >= 4 is 16.0 Å². The van der Waals surface area contributed by atoms with Crippen LogP contribution in [0.2, 0.25) is 0 Å². The van der Waals surface area contributed by atoms with Gasteiger partial charge >= 0.3 is 5.97 Å². The first-order valence-electron chi connectivity index (χ1n) is 8.94. The Bertz CT molecular complexity index is 715. The van der Waals surface area contributed by atoms with Crippen molar-refractivity contribution < 1.29 is 23.1 Å². The smallest absolute Gasteiger partial charge is 0.308 e. The summed E-state index contributed by atoms with van der Waals surface area (Å²) < 4.78 is 33.0. The average Bonchev–Trinajstić information content (AvgIpc) is 3.18. The van der Waals surface area contributed by atoms with E-state index in [2.05, 4.69) is 6.92 Å². The van der Waals surface area contributed by atoms with Gasteiger partial charge in [-0.2, -0.15) is 4.31 Å². The fraction of sp³-hybridized carbons (Fsp3) is 0.611. The molecule has 2 saturated heterocycles. The van der Waals surface area contributed by atoms with Crippen LogP contribution in [0.3, 0.4) is 0 Å². The molecule has 2 aliphatic heterocycles. The summed E-state index contributed by atoms with van der Waals surface area (Å²) in [5.41, 5.74) is 0. The van der Waals surface area contributed by atoms with Gasteiger partial charge in [-0.3, -0.25) is 4.79 Å². The minimum absolute atomic E-state index is 0.193. The van der Waals surface area contributed by atoms with Crippen LogP contribution >= 0.6 is 0 Å². The van der Waals surface area contributed by atoms with E-state index < -0.39 is 28.0 Å². The van der Waals surface area contributed by atoms with E-state index in [0.717, 1.165) is 25.7 Å². The van der Waals surface area contributed by atoms with Crippen LogP contribution in [0.1, 0.15) is 45.4 Å². The first-order chi connectivity index (χ1) is 11.9. The third kappa shape index (κ3) is 3.53. The highest BCUT2D eigenvalue weighted by Crippen LogP contribution is 2.45. The number of carbonyl (C=O) groups is 1. The predicted molar refractivity (Wildman–Crippen MR) is 93.0 cm³/mol. The van der Waals surface area contributed by atoms with E-state index in [0.29, 0.717) is 25.2 Å². The highest BCUT2D eigenvalue weighted by Gasteiger charge is 2.54. The van der Waals surface area contributed by atoms with Crippen molar-refractivity contribution in [3.05, 3.63) is 24.3 Å². The molecule has 0 saturated carbocycles. The summed E-state index contributed by atoms with van der Waals surface area (Å²) >= 11 is 0. The van der Waals surface area contributed by atoms with Gasteiger partial charge in [0, 0.05) is 12.1 Å². The molecule has 0 aliphatic carbocycles. The summed E-state index contributed by atoms with van der Waals surface area (Å²) in [6.07, 6.45) is 4.99. The Kier molecular flexibility index (Phi) is 5.34. The topological polar surface area (TPSA) is 83.9 Å². The van der Waals surface area contributed by atoms with Gasteiger partial charge in [0.2, 0.25) is 10.0 Å². The van der Waals surface area contributed by atoms with Crippen molar-refractivity contribution in [2.75, 3.05) is 6.61 Å². The summed E-state index contributed by atoms with van der Waals surface area (Å²) in [5, 5.41) is 9.31. The third-order valence-electron chi connectivity index (χ3n) is 5.21. The highest BCUT2D eigenvalue weighted by atomic mass is 32.2. The fourth-order valence-corrected chi connectivity index (χ4v) is 5.87. The normalized spacial score (nSPS) is 26.0. The second-order valence-electron chi connectivity index (χ2n) is 6.84. The first-order valence-corrected chi connectivity index (χ1v) is 10.4. The number of unbranched alkanes of at least 4 members (excludes halogenated alkanes) is 2. The zero-order valence-corrected chi connectivity index (χ0v) is 15.2. The zero-order valence-electron chi connectivity index (χ0n) is 14.4. The Hall–Kier alpha value is -1.60. The van der Waals surface area contributed by atoms with Gasteiger partial charge in [0.15, 0.2) is 0 Å². The van der Waals surface area contributed by atoms with Gasteiger partial charge in [-0.1, -0.05) is 19.8 Å². The number of hydrogen-bond donors (Lipinski definition) is 1. The van der Waals surface area contributed by atoms with E-state index in [1.807, 2.05) is 0 Å². The largest absolute Gasteiger partial charge is 0.494 e. The summed E-state index contributed by atoms with van der Waals surface area (Å²) in [6.45, 7) is 2.75. The van der Waals surface area contributed by atoms with E-state index in [4.69, 9.17) is 4.74 Å². The molecular weight excluding hydrogens is 342 g/mol. The molecule has 1 aromatic rings. The van der Waals surface area contributed by atoms with Gasteiger partial charge in [-0.05, 0) is 49.9 Å². The number of carboxylic acid groups (broad SMARTS) is 1. The SMILES string of the molecule is CCCCCOc1ccc(S(=O)(=O)N2C3CCC2C(C(=O)O)C3)cc1. The lowest BCUT2D eigenvalue weighted by atomic mass is 9.89. The van der Waals surface area contributed by atoms with E-state index in [9.17, 15) is 18.3 Å². The monoisotopic (exact) mass is 367 g/mol. The lowest BCUT2D eigenvalue weighted by Crippen LogP contribution is -2.37. The fourth-order valence-electron chi connectivity index (χ4n) is 3.95. The molecule has 138 valence electrons. The molecule has 2 heterocycles. The summed E-state index contributed by atoms with van der Waals surface area (Å²) in [7, 11) is -3.67. The molecule has 3 unspecified atom stereocenters. The van der Waals surface area contributed by atoms with E-state index in [1.54, 1.807) is 24.3 Å². The van der Waals surface area contributed by atoms with Crippen molar-refractivity contribution in [3.63, 3.8) is 0 Å². The molecule has 2 fully saturated rings. The van der Waals surface area contributed by atoms with Crippen LogP contribution < -0.4 is 4.74 Å². The molecule has 0 radical (unpaired) electrons. The Labute approximate surface area is 148 Å². The lowest BCUT2D eigenvalue weighted by molar-refractivity contribution is -0.142. The summed E-state index contributed by atoms with van der Waals surface area (Å²) in [4.78, 5) is 11.6. The Morgan fingerprint density at radius 2 is 1.96 bits per heavy atom. The van der Waals surface area contributed by atoms with Gasteiger partial charge in [0.1, 0.15) is 5.75 Å². The van der Waals surface area contributed by atoms with Gasteiger partial charge in [-0.25, -0.2) is 8.42 Å². The molecule has 7 heteroatoms. The van der Waals surface area contributed by atoms with Gasteiger partial charge < -0.3 is 9.84 Å². The second kappa shape index (κ2) is 7.33. The minimum atomic E-state index is -3.67. The number of sulfonamides is 1. The van der Waals surface area contributed by atoms with E-state index in [1.165, 1.54) is 4.31 Å². The third-order valence-corrected chi connectivity index (χ3v) is 7.20. The standard InChI is InChI=1S/C18H25NO5S/c1-2-3-4-11-24-14-6-8-15(9-7-14)25(22,23)19-13-5-10-17(19)16(12-13)18(20)21/h6-9,13,16-17H,2-5,10-12H2,1H3,(H,20,21). The van der Waals surface area contributed by atoms with E-state index >= 15 is 0 Å². The number of fused-ring (bicyclic) bond motifs is 2. The van der Waals surface area contributed by atoms with Crippen molar-refractivity contribution in [2.45, 2.75) is 62.4 Å². The van der Waals surface area contributed by atoms with Gasteiger partial charge in [0.25, 0.3) is 0 Å². The minimum Gasteiger partial charge on any atom is -0.494 e. The maximum Gasteiger partial charge on any atom is 0.308 e. The molecule has 0 spiro atoms. The molecule has 2 aliphatic rings. The Balaban J connectivity index is 1.72. The number of carboxylic acids is 1. The maximum absolute atomic E-state index is 13.0. The number of rotatable bonds is 8. The molecular formula is C18H25NO5S. The van der Waals surface area contributed by atoms with Crippen molar-refractivity contribution in [1.82, 2.24) is 4.31 Å². The van der Waals surface area contributed by atoms with Crippen LogP contribution in [0, 0.1) is 5.92 Å². The molecule has 3 atom stereocenters. The molecule has 0 aromatic heterocycles. The van der Waals surface area contributed by atoms with E-state index in [-0.39, 0.29) is 10.9 Å². The van der Waals surface area contributed by atoms with Crippen LogP contribution in [0.5, 0.6) is 5.75 Å². The highest BCUT2D eigenvalue weighted by molar-refractivity contribution is 7.89. The molecule has 6 nitrogen and oxygen atoms in total. The van der Waals surface area contributed by atoms with Crippen molar-refractivity contribution in [1.29, 1.82) is 0 Å². The lowest BCUT2D eigenvalue weighted by Gasteiger charge is -2.22. The first kappa shape index (κ1) is 18.2. The zero-order chi connectivity index (χ0) is 18.0. The van der Waals surface area contributed by atoms with Crippen molar-refractivity contribution in [2.24, 2.45) is 5.92 Å². The predicted octanol–water partition coefficient (Wildman–Crippen LogP) is 2.88. The summed E-state index contributed by atoms with van der Waals surface area (Å²) in [5.74, 6) is -0.833. The second-order valence-corrected chi connectivity index (χ2v) is 8.68. The number of ether oxygens (including phenoxy) is 1. The van der Waals surface area contributed by atoms with Crippen LogP contribution in [-0.4, -0.2) is 42.5 Å². The summed E-state index contributed by atoms with van der Waals surface area (Å²) in [6, 6.07) is 5.84. The molecule has 1 N–H and O–H groups in total. The molecule has 0 amide bonds. The van der Waals surface area contributed by atoms with Gasteiger partial charge in [-0.15, -0.1) is 0 Å². The molecule has 25 heavy (non-hydrogen) atoms. The van der Waals surface area contributed by atoms with Crippen LogP contribution in [0.15, 0.2) is 29.2 Å². The van der Waals surface area contributed by atoms with Crippen LogP contribution in [0.4, 0.5) is 0 Å². The number of aliphatic carboxylic acids is 1. The van der Waals surface area contributed by atoms with Crippen LogP contribution in [-0.2, 0) is 14.8 Å². The quantitative estimate of drug-likeness (QED) is 0.714. The number of hydrogen-bond acceptors (Lipinski definition) is 4. The molecule has 1 aromatic carbocycles. The van der Waals surface area contributed by atoms with Crippen molar-refractivity contribution in [3.8, 4) is 5.75 Å². The molecule has 2 bridgehead atoms. The van der Waals surface area contributed by atoms with Gasteiger partial charge in [0.05, 0.1) is 17.4 Å². The Morgan fingerprint density at radius 3 is 2.56 bits per heavy atom.